The number of benzene rings is 2. The van der Waals surface area contributed by atoms with E-state index in [0.717, 1.165) is 20.6 Å². The lowest BCUT2D eigenvalue weighted by atomic mass is 9.98. The minimum atomic E-state index is -0.835. The first kappa shape index (κ1) is 15.6. The molecule has 0 aliphatic rings. The molecular formula is C15H13Br2F2N. The maximum atomic E-state index is 13.4. The topological polar surface area (TPSA) is 12.0 Å². The molecule has 0 saturated heterocycles. The van der Waals surface area contributed by atoms with E-state index in [1.54, 1.807) is 6.07 Å². The summed E-state index contributed by atoms with van der Waals surface area (Å²) in [4.78, 5) is 0. The number of hydrogen-bond acceptors (Lipinski definition) is 1. The Bertz CT molecular complexity index is 617. The lowest BCUT2D eigenvalue weighted by Gasteiger charge is -2.20. The molecular weight excluding hydrogens is 392 g/mol. The Morgan fingerprint density at radius 3 is 2.40 bits per heavy atom. The molecule has 0 aliphatic heterocycles. The number of halogens is 4. The maximum absolute atomic E-state index is 13.4. The summed E-state index contributed by atoms with van der Waals surface area (Å²) in [6.07, 6.45) is 0. The minimum Gasteiger partial charge on any atom is -0.306 e. The van der Waals surface area contributed by atoms with E-state index >= 15 is 0 Å². The highest BCUT2D eigenvalue weighted by Gasteiger charge is 2.17. The van der Waals surface area contributed by atoms with Gasteiger partial charge in [-0.15, -0.1) is 0 Å². The van der Waals surface area contributed by atoms with Gasteiger partial charge < -0.3 is 5.32 Å². The van der Waals surface area contributed by atoms with Crippen LogP contribution in [0.5, 0.6) is 0 Å². The van der Waals surface area contributed by atoms with Crippen molar-refractivity contribution in [2.45, 2.75) is 13.0 Å². The third-order valence-corrected chi connectivity index (χ3v) is 4.14. The van der Waals surface area contributed by atoms with Crippen LogP contribution in [-0.4, -0.2) is 6.54 Å². The lowest BCUT2D eigenvalue weighted by Crippen LogP contribution is -2.22. The summed E-state index contributed by atoms with van der Waals surface area (Å²) >= 11 is 6.91. The van der Waals surface area contributed by atoms with Gasteiger partial charge >= 0.3 is 0 Å². The van der Waals surface area contributed by atoms with Gasteiger partial charge in [0.25, 0.3) is 0 Å². The van der Waals surface area contributed by atoms with Gasteiger partial charge in [-0.1, -0.05) is 50.9 Å². The second-order valence-corrected chi connectivity index (χ2v) is 6.10. The number of rotatable bonds is 4. The molecule has 0 bridgehead atoms. The predicted molar refractivity (Wildman–Crippen MR) is 83.7 cm³/mol. The molecule has 0 saturated carbocycles. The Morgan fingerprint density at radius 1 is 1.05 bits per heavy atom. The SMILES string of the molecule is CCNC(c1ccc(F)c(F)c1)c1ccc(Br)cc1Br. The number of nitrogens with one attached hydrogen (secondary N) is 1. The van der Waals surface area contributed by atoms with Crippen LogP contribution in [0.4, 0.5) is 8.78 Å². The zero-order valence-electron chi connectivity index (χ0n) is 10.8. The highest BCUT2D eigenvalue weighted by Crippen LogP contribution is 2.31. The van der Waals surface area contributed by atoms with Crippen LogP contribution in [0.1, 0.15) is 24.1 Å². The fourth-order valence-electron chi connectivity index (χ4n) is 2.04. The zero-order valence-corrected chi connectivity index (χ0v) is 13.9. The molecule has 0 aliphatic carbocycles. The van der Waals surface area contributed by atoms with Crippen molar-refractivity contribution >= 4 is 31.9 Å². The van der Waals surface area contributed by atoms with E-state index in [-0.39, 0.29) is 6.04 Å². The molecule has 0 aromatic heterocycles. The van der Waals surface area contributed by atoms with Crippen LogP contribution in [0.3, 0.4) is 0 Å². The number of hydrogen-bond donors (Lipinski definition) is 1. The van der Waals surface area contributed by atoms with E-state index in [0.29, 0.717) is 12.1 Å². The molecule has 0 fully saturated rings. The highest BCUT2D eigenvalue weighted by molar-refractivity contribution is 9.11. The van der Waals surface area contributed by atoms with E-state index < -0.39 is 11.6 Å². The van der Waals surface area contributed by atoms with Crippen molar-refractivity contribution in [2.75, 3.05) is 6.54 Å². The van der Waals surface area contributed by atoms with Gasteiger partial charge in [-0.25, -0.2) is 8.78 Å². The standard InChI is InChI=1S/C15H13Br2F2N/c1-2-20-15(9-3-6-13(18)14(19)7-9)11-5-4-10(16)8-12(11)17/h3-8,15,20H,2H2,1H3. The molecule has 0 spiro atoms. The summed E-state index contributed by atoms with van der Waals surface area (Å²) in [5.74, 6) is -1.67. The smallest absolute Gasteiger partial charge is 0.159 e. The molecule has 20 heavy (non-hydrogen) atoms. The van der Waals surface area contributed by atoms with E-state index in [2.05, 4.69) is 37.2 Å². The van der Waals surface area contributed by atoms with Crippen LogP contribution in [0, 0.1) is 11.6 Å². The van der Waals surface area contributed by atoms with E-state index in [1.807, 2.05) is 25.1 Å². The second-order valence-electron chi connectivity index (χ2n) is 4.33. The molecule has 5 heteroatoms. The van der Waals surface area contributed by atoms with Crippen molar-refractivity contribution in [1.29, 1.82) is 0 Å². The van der Waals surface area contributed by atoms with Crippen molar-refractivity contribution in [3.8, 4) is 0 Å². The molecule has 2 rings (SSSR count). The fraction of sp³-hybridized carbons (Fsp3) is 0.200. The molecule has 0 heterocycles. The van der Waals surface area contributed by atoms with Crippen molar-refractivity contribution in [3.05, 3.63) is 68.1 Å². The molecule has 2 aromatic carbocycles. The summed E-state index contributed by atoms with van der Waals surface area (Å²) in [6.45, 7) is 2.69. The normalized spacial score (nSPS) is 12.4. The summed E-state index contributed by atoms with van der Waals surface area (Å²) in [7, 11) is 0. The first-order valence-electron chi connectivity index (χ1n) is 6.16. The van der Waals surface area contributed by atoms with E-state index in [1.165, 1.54) is 6.07 Å². The molecule has 0 radical (unpaired) electrons. The first-order valence-corrected chi connectivity index (χ1v) is 7.74. The summed E-state index contributed by atoms with van der Waals surface area (Å²) in [5, 5.41) is 3.29. The van der Waals surface area contributed by atoms with Crippen LogP contribution in [0.25, 0.3) is 0 Å². The molecule has 106 valence electrons. The molecule has 1 unspecified atom stereocenters. The highest BCUT2D eigenvalue weighted by atomic mass is 79.9. The van der Waals surface area contributed by atoms with Crippen LogP contribution >= 0.6 is 31.9 Å². The van der Waals surface area contributed by atoms with Crippen molar-refractivity contribution in [3.63, 3.8) is 0 Å². The van der Waals surface area contributed by atoms with Gasteiger partial charge in [0.1, 0.15) is 0 Å². The Balaban J connectivity index is 2.47. The Labute approximate surface area is 133 Å². The fourth-order valence-corrected chi connectivity index (χ4v) is 3.32. The second kappa shape index (κ2) is 6.78. The molecule has 1 atom stereocenters. The van der Waals surface area contributed by atoms with E-state index in [4.69, 9.17) is 0 Å². The van der Waals surface area contributed by atoms with Crippen LogP contribution in [0.2, 0.25) is 0 Å². The van der Waals surface area contributed by atoms with Gasteiger partial charge in [-0.2, -0.15) is 0 Å². The molecule has 1 nitrogen and oxygen atoms in total. The average Bonchev–Trinajstić information content (AvgIpc) is 2.40. The quantitative estimate of drug-likeness (QED) is 0.739. The van der Waals surface area contributed by atoms with Crippen LogP contribution in [-0.2, 0) is 0 Å². The maximum Gasteiger partial charge on any atom is 0.159 e. The zero-order chi connectivity index (χ0) is 14.7. The Hall–Kier alpha value is -0.780. The van der Waals surface area contributed by atoms with Crippen LogP contribution < -0.4 is 5.32 Å². The van der Waals surface area contributed by atoms with Crippen molar-refractivity contribution in [2.24, 2.45) is 0 Å². The van der Waals surface area contributed by atoms with Gasteiger partial charge in [0.2, 0.25) is 0 Å². The predicted octanol–water partition coefficient (Wildman–Crippen LogP) is 5.19. The van der Waals surface area contributed by atoms with Crippen molar-refractivity contribution in [1.82, 2.24) is 5.32 Å². The first-order chi connectivity index (χ1) is 9.52. The van der Waals surface area contributed by atoms with Gasteiger partial charge in [0.15, 0.2) is 11.6 Å². The molecule has 0 amide bonds. The van der Waals surface area contributed by atoms with Gasteiger partial charge in [0, 0.05) is 8.95 Å². The molecule has 2 aromatic rings. The van der Waals surface area contributed by atoms with Crippen LogP contribution in [0.15, 0.2) is 45.3 Å². The summed E-state index contributed by atoms with van der Waals surface area (Å²) in [6, 6.07) is 9.59. The Kier molecular flexibility index (Phi) is 5.29. The van der Waals surface area contributed by atoms with Crippen molar-refractivity contribution < 1.29 is 8.78 Å². The van der Waals surface area contributed by atoms with Gasteiger partial charge in [-0.3, -0.25) is 0 Å². The van der Waals surface area contributed by atoms with Gasteiger partial charge in [0.05, 0.1) is 6.04 Å². The van der Waals surface area contributed by atoms with E-state index in [9.17, 15) is 8.78 Å². The third-order valence-electron chi connectivity index (χ3n) is 2.96. The van der Waals surface area contributed by atoms with Gasteiger partial charge in [-0.05, 0) is 41.9 Å². The average molecular weight is 405 g/mol. The largest absolute Gasteiger partial charge is 0.306 e. The third kappa shape index (κ3) is 3.45. The summed E-state index contributed by atoms with van der Waals surface area (Å²) in [5.41, 5.74) is 1.66. The molecule has 1 N–H and O–H groups in total. The lowest BCUT2D eigenvalue weighted by molar-refractivity contribution is 0.504. The monoisotopic (exact) mass is 403 g/mol. The Morgan fingerprint density at radius 2 is 1.80 bits per heavy atom. The minimum absolute atomic E-state index is 0.197. The summed E-state index contributed by atoms with van der Waals surface area (Å²) < 4.78 is 28.4.